The van der Waals surface area contributed by atoms with Gasteiger partial charge in [0, 0.05) is 34.5 Å². The monoisotopic (exact) mass is 937 g/mol. The molecular weight excluding hydrogens is 880 g/mol. The molecule has 0 radical (unpaired) electrons. The predicted molar refractivity (Wildman–Crippen MR) is 234 cm³/mol. The van der Waals surface area contributed by atoms with Crippen LogP contribution in [0.5, 0.6) is 11.5 Å². The molecule has 3 heterocycles. The number of benzene rings is 4. The maximum atomic E-state index is 6.79. The Bertz CT molecular complexity index is 2480. The van der Waals surface area contributed by atoms with Gasteiger partial charge in [0.15, 0.2) is 0 Å². The van der Waals surface area contributed by atoms with Crippen molar-refractivity contribution in [3.63, 3.8) is 0 Å². The summed E-state index contributed by atoms with van der Waals surface area (Å²) in [6, 6.07) is 37.8. The van der Waals surface area contributed by atoms with Crippen LogP contribution in [0, 0.1) is 18.1 Å². The van der Waals surface area contributed by atoms with E-state index in [-0.39, 0.29) is 31.9 Å². The topological polar surface area (TPSA) is 44.9 Å². The molecule has 0 aliphatic carbocycles. The first-order valence-corrected chi connectivity index (χ1v) is 20.6. The molecule has 3 aromatic heterocycles. The Kier molecular flexibility index (Phi) is 12.7. The van der Waals surface area contributed by atoms with Crippen molar-refractivity contribution in [3.05, 3.63) is 131 Å². The third-order valence-corrected chi connectivity index (χ3v) is 11.0. The second kappa shape index (κ2) is 17.2. The summed E-state index contributed by atoms with van der Waals surface area (Å²) < 4.78 is 11.1. The number of ether oxygens (including phenoxy) is 1. The van der Waals surface area contributed by atoms with E-state index in [1.165, 1.54) is 52.6 Å². The quantitative estimate of drug-likeness (QED) is 0.0906. The molecule has 7 rings (SSSR count). The minimum absolute atomic E-state index is 0. The molecule has 0 saturated heterocycles. The third kappa shape index (κ3) is 9.00. The Labute approximate surface area is 355 Å². The van der Waals surface area contributed by atoms with Crippen molar-refractivity contribution in [2.24, 2.45) is 5.92 Å². The van der Waals surface area contributed by atoms with E-state index in [2.05, 4.69) is 169 Å². The number of pyridine rings is 1. The van der Waals surface area contributed by atoms with Gasteiger partial charge < -0.3 is 9.30 Å². The van der Waals surface area contributed by atoms with Crippen molar-refractivity contribution in [2.75, 3.05) is 0 Å². The van der Waals surface area contributed by atoms with Gasteiger partial charge in [-0.3, -0.25) is 4.68 Å². The van der Waals surface area contributed by atoms with Crippen LogP contribution in [-0.2, 0) is 51.2 Å². The summed E-state index contributed by atoms with van der Waals surface area (Å²) in [5.41, 5.74) is 11.2. The number of aromatic nitrogens is 4. The summed E-state index contributed by atoms with van der Waals surface area (Å²) in [5, 5.41) is 7.55. The van der Waals surface area contributed by atoms with Gasteiger partial charge in [-0.25, -0.2) is 4.98 Å². The fraction of sp³-hybridized carbons (Fsp3) is 0.373. The van der Waals surface area contributed by atoms with Gasteiger partial charge in [0.05, 0.1) is 5.69 Å². The molecule has 0 saturated carbocycles. The molecule has 0 amide bonds. The molecule has 0 aliphatic rings. The molecule has 4 aromatic carbocycles. The minimum Gasteiger partial charge on any atom is -0.509 e. The Balaban J connectivity index is 0.00000549. The van der Waals surface area contributed by atoms with E-state index >= 15 is 0 Å². The minimum atomic E-state index is -0.131. The van der Waals surface area contributed by atoms with Gasteiger partial charge in [-0.15, -0.1) is 41.3 Å². The number of hydrogen-bond acceptors (Lipinski definition) is 3. The SMILES string of the molecule is CCc1nn(-c2[c-]c(Oc3[c-]c4c(cc3)c3cc(CCCCC(C)C)ccc3n4-c3cc(C(C)(C)C)ccn3)cc(C(C)(C)C)c2)c(CC)c1-c1ccccc1.[Pt+2]. The van der Waals surface area contributed by atoms with Gasteiger partial charge in [0.1, 0.15) is 5.82 Å². The maximum Gasteiger partial charge on any atom is 2.00 e. The average Bonchev–Trinajstić information content (AvgIpc) is 3.71. The number of fused-ring (bicyclic) bond motifs is 3. The van der Waals surface area contributed by atoms with Crippen molar-refractivity contribution in [1.29, 1.82) is 0 Å². The molecule has 0 aliphatic heterocycles. The molecule has 0 fully saturated rings. The van der Waals surface area contributed by atoms with Gasteiger partial charge >= 0.3 is 21.1 Å². The molecule has 0 atom stereocenters. The molecular formula is C51H58N4OPt. The van der Waals surface area contributed by atoms with Crippen molar-refractivity contribution < 1.29 is 25.8 Å². The van der Waals surface area contributed by atoms with Gasteiger partial charge in [0.25, 0.3) is 0 Å². The van der Waals surface area contributed by atoms with Crippen molar-refractivity contribution in [2.45, 2.75) is 119 Å². The molecule has 7 aromatic rings. The van der Waals surface area contributed by atoms with E-state index in [4.69, 9.17) is 14.8 Å². The van der Waals surface area contributed by atoms with Gasteiger partial charge in [-0.05, 0) is 88.4 Å². The van der Waals surface area contributed by atoms with Crippen LogP contribution in [0.2, 0.25) is 0 Å². The zero-order chi connectivity index (χ0) is 39.8. The summed E-state index contributed by atoms with van der Waals surface area (Å²) in [6.45, 7) is 22.4. The molecule has 0 unspecified atom stereocenters. The Hall–Kier alpha value is -4.47. The molecule has 0 bridgehead atoms. The fourth-order valence-electron chi connectivity index (χ4n) is 7.78. The van der Waals surface area contributed by atoms with Crippen LogP contribution in [0.15, 0.2) is 91.1 Å². The smallest absolute Gasteiger partial charge is 0.509 e. The molecule has 0 N–H and O–H groups in total. The Morgan fingerprint density at radius 2 is 1.49 bits per heavy atom. The first-order valence-electron chi connectivity index (χ1n) is 20.6. The Morgan fingerprint density at radius 3 is 2.18 bits per heavy atom. The van der Waals surface area contributed by atoms with E-state index in [0.717, 1.165) is 64.4 Å². The Morgan fingerprint density at radius 1 is 0.737 bits per heavy atom. The van der Waals surface area contributed by atoms with Crippen LogP contribution >= 0.6 is 0 Å². The van der Waals surface area contributed by atoms with Crippen LogP contribution in [0.4, 0.5) is 0 Å². The molecule has 0 spiro atoms. The number of unbranched alkanes of at least 4 members (excludes halogenated alkanes) is 1. The molecule has 298 valence electrons. The van der Waals surface area contributed by atoms with Gasteiger partial charge in [0.2, 0.25) is 0 Å². The van der Waals surface area contributed by atoms with Crippen LogP contribution in [0.25, 0.3) is 44.4 Å². The molecule has 5 nitrogen and oxygen atoms in total. The van der Waals surface area contributed by atoms with E-state index in [1.807, 2.05) is 12.3 Å². The maximum absolute atomic E-state index is 6.79. The zero-order valence-corrected chi connectivity index (χ0v) is 37.8. The van der Waals surface area contributed by atoms with E-state index in [0.29, 0.717) is 11.5 Å². The van der Waals surface area contributed by atoms with E-state index in [1.54, 1.807) is 0 Å². The van der Waals surface area contributed by atoms with E-state index < -0.39 is 0 Å². The number of nitrogens with zero attached hydrogens (tertiary/aromatic N) is 4. The molecule has 6 heteroatoms. The summed E-state index contributed by atoms with van der Waals surface area (Å²) in [7, 11) is 0. The van der Waals surface area contributed by atoms with Crippen molar-refractivity contribution in [1.82, 2.24) is 19.3 Å². The average molecular weight is 938 g/mol. The first kappa shape index (κ1) is 42.1. The van der Waals surface area contributed by atoms with Crippen LogP contribution in [0.3, 0.4) is 0 Å². The zero-order valence-electron chi connectivity index (χ0n) is 35.5. The van der Waals surface area contributed by atoms with Crippen LogP contribution in [0.1, 0.15) is 117 Å². The van der Waals surface area contributed by atoms with Crippen LogP contribution in [-0.4, -0.2) is 19.3 Å². The largest absolute Gasteiger partial charge is 2.00 e. The second-order valence-corrected chi connectivity index (χ2v) is 17.8. The normalized spacial score (nSPS) is 12.1. The van der Waals surface area contributed by atoms with Crippen molar-refractivity contribution in [3.8, 4) is 34.1 Å². The van der Waals surface area contributed by atoms with Crippen molar-refractivity contribution >= 4 is 21.8 Å². The summed E-state index contributed by atoms with van der Waals surface area (Å²) >= 11 is 0. The first-order chi connectivity index (χ1) is 26.7. The summed E-state index contributed by atoms with van der Waals surface area (Å²) in [4.78, 5) is 4.93. The van der Waals surface area contributed by atoms with E-state index in [9.17, 15) is 0 Å². The number of aryl methyl sites for hydroxylation is 2. The standard InChI is InChI=1S/C51H58N4O.Pt/c1-11-44-49(36-20-14-13-15-21-36)45(12-2)55(53-44)39-29-38(51(8,9)10)30-41(32-39)56-40-23-24-42-43-28-35(19-17-16-18-34(3)4)22-25-46(43)54(47(42)33-40)48-31-37(26-27-52-48)50(5,6)7;/h13-15,20-31,34H,11-12,16-19H2,1-10H3;/q-2;+2. The third-order valence-electron chi connectivity index (χ3n) is 11.0. The second-order valence-electron chi connectivity index (χ2n) is 17.8. The predicted octanol–water partition coefficient (Wildman–Crippen LogP) is 13.5. The number of rotatable bonds is 12. The summed E-state index contributed by atoms with van der Waals surface area (Å²) in [5.74, 6) is 2.88. The van der Waals surface area contributed by atoms with Gasteiger partial charge in [-0.1, -0.05) is 130 Å². The number of hydrogen-bond donors (Lipinski definition) is 0. The van der Waals surface area contributed by atoms with Crippen LogP contribution < -0.4 is 4.74 Å². The summed E-state index contributed by atoms with van der Waals surface area (Å²) in [6.07, 6.45) is 8.38. The van der Waals surface area contributed by atoms with Gasteiger partial charge in [-0.2, -0.15) is 11.2 Å². The molecule has 57 heavy (non-hydrogen) atoms. The fourth-order valence-corrected chi connectivity index (χ4v) is 7.78.